The summed E-state index contributed by atoms with van der Waals surface area (Å²) in [5.74, 6) is 0. The zero-order valence-electron chi connectivity index (χ0n) is 36.4. The molecule has 11 aromatic carbocycles. The van der Waals surface area contributed by atoms with Gasteiger partial charge in [-0.15, -0.1) is 0 Å². The molecule has 0 atom stereocenters. The molecular formula is C64H41NO2. The maximum absolute atomic E-state index is 7.15. The molecule has 2 heterocycles. The third-order valence-corrected chi connectivity index (χ3v) is 13.2. The predicted octanol–water partition coefficient (Wildman–Crippen LogP) is 18.4. The highest BCUT2D eigenvalue weighted by molar-refractivity contribution is 6.18. The van der Waals surface area contributed by atoms with E-state index in [4.69, 9.17) is 8.83 Å². The van der Waals surface area contributed by atoms with Gasteiger partial charge in [0.15, 0.2) is 0 Å². The van der Waals surface area contributed by atoms with Crippen LogP contribution in [0.25, 0.3) is 110 Å². The van der Waals surface area contributed by atoms with Crippen molar-refractivity contribution >= 4 is 71.7 Å². The molecule has 314 valence electrons. The van der Waals surface area contributed by atoms with E-state index in [0.29, 0.717) is 0 Å². The van der Waals surface area contributed by atoms with Crippen LogP contribution in [0.3, 0.4) is 0 Å². The van der Waals surface area contributed by atoms with Crippen molar-refractivity contribution in [3.8, 4) is 55.6 Å². The van der Waals surface area contributed by atoms with E-state index in [2.05, 4.69) is 241 Å². The summed E-state index contributed by atoms with van der Waals surface area (Å²) in [7, 11) is 0. The molecular weight excluding hydrogens is 815 g/mol. The van der Waals surface area contributed by atoms with Gasteiger partial charge in [-0.05, 0) is 117 Å². The summed E-state index contributed by atoms with van der Waals surface area (Å²) in [6.07, 6.45) is 0. The summed E-state index contributed by atoms with van der Waals surface area (Å²) in [6, 6.07) is 88.9. The zero-order valence-corrected chi connectivity index (χ0v) is 36.4. The number of nitrogens with zero attached hydrogens (tertiary/aromatic N) is 1. The third-order valence-electron chi connectivity index (χ3n) is 13.2. The molecule has 3 heteroatoms. The molecule has 0 saturated heterocycles. The van der Waals surface area contributed by atoms with Crippen LogP contribution in [-0.4, -0.2) is 0 Å². The van der Waals surface area contributed by atoms with Crippen molar-refractivity contribution < 1.29 is 8.83 Å². The van der Waals surface area contributed by atoms with E-state index in [1.54, 1.807) is 0 Å². The molecule has 0 radical (unpaired) electrons. The highest BCUT2D eigenvalue weighted by atomic mass is 16.3. The smallest absolute Gasteiger partial charge is 0.143 e. The van der Waals surface area contributed by atoms with Gasteiger partial charge in [-0.3, -0.25) is 0 Å². The molecule has 2 aromatic heterocycles. The van der Waals surface area contributed by atoms with Crippen molar-refractivity contribution in [1.29, 1.82) is 0 Å². The van der Waals surface area contributed by atoms with Crippen LogP contribution in [-0.2, 0) is 0 Å². The van der Waals surface area contributed by atoms with E-state index in [9.17, 15) is 0 Å². The Balaban J connectivity index is 1.05. The second-order valence-corrected chi connectivity index (χ2v) is 17.2. The minimum atomic E-state index is 0.855. The Bertz CT molecular complexity index is 3890. The number of hydrogen-bond donors (Lipinski definition) is 0. The molecule has 0 amide bonds. The van der Waals surface area contributed by atoms with Gasteiger partial charge in [0, 0.05) is 55.1 Å². The molecule has 0 aliphatic heterocycles. The Morgan fingerprint density at radius 3 is 1.42 bits per heavy atom. The Labute approximate surface area is 388 Å². The molecule has 3 nitrogen and oxygen atoms in total. The summed E-state index contributed by atoms with van der Waals surface area (Å²) in [6.45, 7) is 0. The summed E-state index contributed by atoms with van der Waals surface area (Å²) in [5.41, 5.74) is 17.8. The van der Waals surface area contributed by atoms with Crippen LogP contribution in [0.15, 0.2) is 258 Å². The number of fused-ring (bicyclic) bond motifs is 8. The second kappa shape index (κ2) is 16.0. The zero-order chi connectivity index (χ0) is 44.3. The lowest BCUT2D eigenvalue weighted by molar-refractivity contribution is 0.670. The first-order chi connectivity index (χ1) is 33.2. The van der Waals surface area contributed by atoms with E-state index in [-0.39, 0.29) is 0 Å². The van der Waals surface area contributed by atoms with Crippen molar-refractivity contribution in [3.05, 3.63) is 249 Å². The molecule has 13 rings (SSSR count). The van der Waals surface area contributed by atoms with Crippen LogP contribution < -0.4 is 4.90 Å². The Morgan fingerprint density at radius 1 is 0.239 bits per heavy atom. The molecule has 0 aliphatic carbocycles. The normalized spacial score (nSPS) is 11.6. The number of para-hydroxylation sites is 2. The van der Waals surface area contributed by atoms with Crippen molar-refractivity contribution in [3.63, 3.8) is 0 Å². The number of furan rings is 2. The van der Waals surface area contributed by atoms with Crippen molar-refractivity contribution in [2.75, 3.05) is 4.90 Å². The number of anilines is 3. The first-order valence-corrected chi connectivity index (χ1v) is 22.8. The quantitative estimate of drug-likeness (QED) is 0.152. The molecule has 0 unspecified atom stereocenters. The number of benzene rings is 11. The predicted molar refractivity (Wildman–Crippen MR) is 280 cm³/mol. The van der Waals surface area contributed by atoms with Crippen LogP contribution >= 0.6 is 0 Å². The third kappa shape index (κ3) is 6.76. The van der Waals surface area contributed by atoms with Gasteiger partial charge in [0.05, 0.1) is 0 Å². The first kappa shape index (κ1) is 38.5. The topological polar surface area (TPSA) is 29.5 Å². The Hall–Kier alpha value is -8.92. The largest absolute Gasteiger partial charge is 0.455 e. The Kier molecular flexibility index (Phi) is 9.17. The molecule has 0 saturated carbocycles. The summed E-state index contributed by atoms with van der Waals surface area (Å²) in [4.78, 5) is 2.38. The lowest BCUT2D eigenvalue weighted by Crippen LogP contribution is -2.10. The number of hydrogen-bond acceptors (Lipinski definition) is 3. The average molecular weight is 856 g/mol. The highest BCUT2D eigenvalue weighted by Gasteiger charge is 2.22. The van der Waals surface area contributed by atoms with Gasteiger partial charge in [0.25, 0.3) is 0 Å². The van der Waals surface area contributed by atoms with Gasteiger partial charge < -0.3 is 13.7 Å². The first-order valence-electron chi connectivity index (χ1n) is 22.8. The van der Waals surface area contributed by atoms with E-state index < -0.39 is 0 Å². The molecule has 67 heavy (non-hydrogen) atoms. The maximum atomic E-state index is 7.15. The minimum Gasteiger partial charge on any atom is -0.455 e. The van der Waals surface area contributed by atoms with Crippen molar-refractivity contribution in [2.45, 2.75) is 0 Å². The molecule has 13 aromatic rings. The van der Waals surface area contributed by atoms with Gasteiger partial charge in [0.2, 0.25) is 0 Å². The molecule has 0 bridgehead atoms. The fraction of sp³-hybridized carbons (Fsp3) is 0. The van der Waals surface area contributed by atoms with Crippen molar-refractivity contribution in [2.24, 2.45) is 0 Å². The standard InChI is InChI=1S/C64H41NO2/c1-4-15-42(16-5-1)45-27-32-51(33-28-45)65(52-34-29-47(30-35-52)55-24-14-25-57-56-23-12-13-26-61(56)66-62(55)57)53-40-59(64-60(41-53)58-36-31-46-21-10-11-22-54(46)63(58)67-64)50-38-48(43-17-6-2-7-18-43)37-49(39-50)44-19-8-3-9-20-44/h1-41H. The second-order valence-electron chi connectivity index (χ2n) is 17.2. The molecule has 0 aliphatic rings. The van der Waals surface area contributed by atoms with E-state index >= 15 is 0 Å². The van der Waals surface area contributed by atoms with Gasteiger partial charge in [0.1, 0.15) is 22.3 Å². The molecule has 0 spiro atoms. The maximum Gasteiger partial charge on any atom is 0.143 e. The van der Waals surface area contributed by atoms with Gasteiger partial charge in [-0.2, -0.15) is 0 Å². The van der Waals surface area contributed by atoms with Crippen LogP contribution in [0.4, 0.5) is 17.1 Å². The Morgan fingerprint density at radius 2 is 0.746 bits per heavy atom. The van der Waals surface area contributed by atoms with E-state index in [1.807, 2.05) is 12.1 Å². The van der Waals surface area contributed by atoms with Crippen LogP contribution in [0.5, 0.6) is 0 Å². The van der Waals surface area contributed by atoms with Crippen LogP contribution in [0, 0.1) is 0 Å². The van der Waals surface area contributed by atoms with Crippen LogP contribution in [0.2, 0.25) is 0 Å². The molecule has 0 fully saturated rings. The van der Waals surface area contributed by atoms with E-state index in [1.165, 1.54) is 5.56 Å². The number of rotatable bonds is 8. The summed E-state index contributed by atoms with van der Waals surface area (Å²) < 4.78 is 13.7. The monoisotopic (exact) mass is 855 g/mol. The lowest BCUT2D eigenvalue weighted by atomic mass is 9.92. The van der Waals surface area contributed by atoms with E-state index in [0.717, 1.165) is 122 Å². The van der Waals surface area contributed by atoms with Crippen molar-refractivity contribution in [1.82, 2.24) is 0 Å². The lowest BCUT2D eigenvalue weighted by Gasteiger charge is -2.27. The van der Waals surface area contributed by atoms with Crippen LogP contribution in [0.1, 0.15) is 0 Å². The SMILES string of the molecule is c1ccc(-c2ccc(N(c3ccc(-c4cccc5c4oc4ccccc45)cc3)c3cc(-c4cc(-c5ccccc5)cc(-c5ccccc5)c4)c4oc5c6ccccc6ccc5c4c3)cc2)cc1. The molecule has 0 N–H and O–H groups in total. The van der Waals surface area contributed by atoms with Gasteiger partial charge in [-0.25, -0.2) is 0 Å². The summed E-state index contributed by atoms with van der Waals surface area (Å²) >= 11 is 0. The summed E-state index contributed by atoms with van der Waals surface area (Å²) in [5, 5.41) is 6.61. The minimum absolute atomic E-state index is 0.855. The van der Waals surface area contributed by atoms with Gasteiger partial charge in [-0.1, -0.05) is 182 Å². The fourth-order valence-corrected chi connectivity index (χ4v) is 9.96. The average Bonchev–Trinajstić information content (AvgIpc) is 3.99. The fourth-order valence-electron chi connectivity index (χ4n) is 9.96. The van der Waals surface area contributed by atoms with Gasteiger partial charge >= 0.3 is 0 Å². The highest BCUT2D eigenvalue weighted by Crippen LogP contribution is 2.47.